The predicted octanol–water partition coefficient (Wildman–Crippen LogP) is 5.02. The van der Waals surface area contributed by atoms with Gasteiger partial charge in [-0.1, -0.05) is 18.5 Å². The van der Waals surface area contributed by atoms with Crippen molar-refractivity contribution in [2.75, 3.05) is 7.05 Å². The molecule has 104 valence electrons. The molecule has 20 heavy (non-hydrogen) atoms. The second-order valence-corrected chi connectivity index (χ2v) is 6.10. The van der Waals surface area contributed by atoms with E-state index in [1.165, 1.54) is 10.4 Å². The Bertz CT molecular complexity index is 731. The molecule has 1 atom stereocenters. The molecule has 1 unspecified atom stereocenters. The van der Waals surface area contributed by atoms with Crippen molar-refractivity contribution in [2.24, 2.45) is 0 Å². The molecule has 0 fully saturated rings. The van der Waals surface area contributed by atoms with Crippen LogP contribution in [0, 0.1) is 0 Å². The predicted molar refractivity (Wildman–Crippen MR) is 85.8 cm³/mol. The fourth-order valence-corrected chi connectivity index (χ4v) is 3.77. The Hall–Kier alpha value is -1.29. The van der Waals surface area contributed by atoms with E-state index >= 15 is 0 Å². The summed E-state index contributed by atoms with van der Waals surface area (Å²) in [5.41, 5.74) is 2.24. The van der Waals surface area contributed by atoms with Crippen LogP contribution in [0.1, 0.15) is 29.2 Å². The van der Waals surface area contributed by atoms with Gasteiger partial charge in [-0.05, 0) is 54.7 Å². The highest BCUT2D eigenvalue weighted by atomic mass is 35.5. The topological polar surface area (TPSA) is 25.2 Å². The summed E-state index contributed by atoms with van der Waals surface area (Å²) >= 11 is 7.80. The maximum atomic E-state index is 6.03. The number of aryl methyl sites for hydroxylation is 1. The van der Waals surface area contributed by atoms with Crippen molar-refractivity contribution in [3.05, 3.63) is 56.9 Å². The van der Waals surface area contributed by atoms with Crippen LogP contribution in [0.3, 0.4) is 0 Å². The molecule has 0 aliphatic carbocycles. The van der Waals surface area contributed by atoms with Gasteiger partial charge in [0.25, 0.3) is 0 Å². The van der Waals surface area contributed by atoms with Gasteiger partial charge in [0.1, 0.15) is 17.4 Å². The van der Waals surface area contributed by atoms with Crippen LogP contribution in [0.4, 0.5) is 0 Å². The van der Waals surface area contributed by atoms with Gasteiger partial charge in [0, 0.05) is 15.3 Å². The molecule has 2 heterocycles. The molecule has 3 aromatic rings. The Morgan fingerprint density at radius 2 is 2.15 bits per heavy atom. The van der Waals surface area contributed by atoms with Crippen molar-refractivity contribution < 1.29 is 4.42 Å². The normalized spacial score (nSPS) is 12.9. The molecule has 0 saturated carbocycles. The minimum atomic E-state index is 0.0936. The van der Waals surface area contributed by atoms with Crippen LogP contribution in [0.15, 0.2) is 40.1 Å². The molecule has 4 heteroatoms. The second kappa shape index (κ2) is 5.60. The zero-order valence-electron chi connectivity index (χ0n) is 11.4. The van der Waals surface area contributed by atoms with Gasteiger partial charge in [0.05, 0.1) is 0 Å². The molecule has 0 amide bonds. The molecular formula is C16H16ClNOS. The summed E-state index contributed by atoms with van der Waals surface area (Å²) in [6.45, 7) is 2.18. The molecular weight excluding hydrogens is 290 g/mol. The van der Waals surface area contributed by atoms with E-state index in [2.05, 4.69) is 29.8 Å². The first-order valence-corrected chi connectivity index (χ1v) is 7.91. The number of nitrogens with one attached hydrogen (secondary N) is 1. The van der Waals surface area contributed by atoms with E-state index in [1.807, 2.05) is 25.2 Å². The summed E-state index contributed by atoms with van der Waals surface area (Å²) in [5, 5.41) is 7.27. The van der Waals surface area contributed by atoms with Gasteiger partial charge < -0.3 is 9.73 Å². The number of hydrogen-bond donors (Lipinski definition) is 1. The lowest BCUT2D eigenvalue weighted by atomic mass is 10.1. The number of thiophene rings is 1. The number of hydrogen-bond acceptors (Lipinski definition) is 3. The summed E-state index contributed by atoms with van der Waals surface area (Å²) in [6.07, 6.45) is 1.03. The Kier molecular flexibility index (Phi) is 3.83. The molecule has 0 radical (unpaired) electrons. The lowest BCUT2D eigenvalue weighted by Crippen LogP contribution is -2.16. The number of fused-ring (bicyclic) bond motifs is 1. The van der Waals surface area contributed by atoms with Gasteiger partial charge in [0.2, 0.25) is 0 Å². The average Bonchev–Trinajstić information content (AvgIpc) is 3.05. The third kappa shape index (κ3) is 2.37. The van der Waals surface area contributed by atoms with Crippen molar-refractivity contribution in [2.45, 2.75) is 19.4 Å². The number of halogens is 1. The molecule has 0 aliphatic rings. The van der Waals surface area contributed by atoms with Gasteiger partial charge in [-0.3, -0.25) is 0 Å². The summed E-state index contributed by atoms with van der Waals surface area (Å²) in [7, 11) is 1.96. The van der Waals surface area contributed by atoms with E-state index in [-0.39, 0.29) is 6.04 Å². The Labute approximate surface area is 127 Å². The molecule has 0 bridgehead atoms. The minimum Gasteiger partial charge on any atom is -0.459 e. The lowest BCUT2D eigenvalue weighted by molar-refractivity contribution is 0.494. The molecule has 0 saturated heterocycles. The molecule has 3 rings (SSSR count). The van der Waals surface area contributed by atoms with Crippen molar-refractivity contribution >= 4 is 33.9 Å². The zero-order chi connectivity index (χ0) is 14.1. The molecule has 1 N–H and O–H groups in total. The molecule has 0 spiro atoms. The number of benzene rings is 1. The van der Waals surface area contributed by atoms with Gasteiger partial charge in [-0.25, -0.2) is 0 Å². The minimum absolute atomic E-state index is 0.0936. The van der Waals surface area contributed by atoms with E-state index < -0.39 is 0 Å². The monoisotopic (exact) mass is 305 g/mol. The van der Waals surface area contributed by atoms with E-state index in [4.69, 9.17) is 16.0 Å². The summed E-state index contributed by atoms with van der Waals surface area (Å²) in [5.74, 6) is 0.932. The highest BCUT2D eigenvalue weighted by Gasteiger charge is 2.20. The van der Waals surface area contributed by atoms with Crippen molar-refractivity contribution in [3.63, 3.8) is 0 Å². The SMILES string of the molecule is CCc1ccsc1C(NC)c1cc2cc(Cl)ccc2o1. The van der Waals surface area contributed by atoms with E-state index in [1.54, 1.807) is 11.3 Å². The van der Waals surface area contributed by atoms with E-state index in [0.717, 1.165) is 28.2 Å². The first-order valence-electron chi connectivity index (χ1n) is 6.65. The molecule has 2 nitrogen and oxygen atoms in total. The Morgan fingerprint density at radius 3 is 2.90 bits per heavy atom. The summed E-state index contributed by atoms with van der Waals surface area (Å²) in [4.78, 5) is 1.32. The highest BCUT2D eigenvalue weighted by Crippen LogP contribution is 2.33. The third-order valence-corrected chi connectivity index (χ3v) is 4.75. The largest absolute Gasteiger partial charge is 0.459 e. The summed E-state index contributed by atoms with van der Waals surface area (Å²) in [6, 6.07) is 10.1. The van der Waals surface area contributed by atoms with Crippen LogP contribution in [0.2, 0.25) is 5.02 Å². The molecule has 2 aromatic heterocycles. The van der Waals surface area contributed by atoms with Crippen molar-refractivity contribution in [3.8, 4) is 0 Å². The van der Waals surface area contributed by atoms with Crippen LogP contribution >= 0.6 is 22.9 Å². The van der Waals surface area contributed by atoms with Crippen molar-refractivity contribution in [1.82, 2.24) is 5.32 Å². The maximum Gasteiger partial charge on any atom is 0.134 e. The van der Waals surface area contributed by atoms with Crippen LogP contribution in [0.25, 0.3) is 11.0 Å². The van der Waals surface area contributed by atoms with Crippen LogP contribution in [0.5, 0.6) is 0 Å². The zero-order valence-corrected chi connectivity index (χ0v) is 13.0. The third-order valence-electron chi connectivity index (χ3n) is 3.49. The van der Waals surface area contributed by atoms with E-state index in [9.17, 15) is 0 Å². The quantitative estimate of drug-likeness (QED) is 0.732. The Morgan fingerprint density at radius 1 is 1.30 bits per heavy atom. The van der Waals surface area contributed by atoms with Crippen LogP contribution in [-0.2, 0) is 6.42 Å². The van der Waals surface area contributed by atoms with Gasteiger partial charge >= 0.3 is 0 Å². The Balaban J connectivity index is 2.07. The first-order chi connectivity index (χ1) is 9.72. The number of rotatable bonds is 4. The summed E-state index contributed by atoms with van der Waals surface area (Å²) < 4.78 is 5.98. The van der Waals surface area contributed by atoms with Crippen LogP contribution in [-0.4, -0.2) is 7.05 Å². The molecule has 0 aliphatic heterocycles. The molecule has 1 aromatic carbocycles. The second-order valence-electron chi connectivity index (χ2n) is 4.72. The highest BCUT2D eigenvalue weighted by molar-refractivity contribution is 7.10. The fraction of sp³-hybridized carbons (Fsp3) is 0.250. The van der Waals surface area contributed by atoms with Gasteiger partial charge in [-0.15, -0.1) is 11.3 Å². The average molecular weight is 306 g/mol. The first kappa shape index (κ1) is 13.7. The fourth-order valence-electron chi connectivity index (χ4n) is 2.47. The van der Waals surface area contributed by atoms with E-state index in [0.29, 0.717) is 0 Å². The van der Waals surface area contributed by atoms with Crippen molar-refractivity contribution in [1.29, 1.82) is 0 Å². The van der Waals surface area contributed by atoms with Gasteiger partial charge in [0.15, 0.2) is 0 Å². The number of furan rings is 1. The smallest absolute Gasteiger partial charge is 0.134 e. The standard InChI is InChI=1S/C16H16ClNOS/c1-3-10-6-7-20-16(10)15(18-2)14-9-11-8-12(17)4-5-13(11)19-14/h4-9,15,18H,3H2,1-2H3. The maximum absolute atomic E-state index is 6.03. The van der Waals surface area contributed by atoms with Gasteiger partial charge in [-0.2, -0.15) is 0 Å². The van der Waals surface area contributed by atoms with Crippen LogP contribution < -0.4 is 5.32 Å². The lowest BCUT2D eigenvalue weighted by Gasteiger charge is -2.13.